The fourth-order valence-electron chi connectivity index (χ4n) is 0.910. The van der Waals surface area contributed by atoms with Gasteiger partial charge in [-0.3, -0.25) is 0 Å². The normalized spacial score (nSPS) is 11.1. The lowest BCUT2D eigenvalue weighted by atomic mass is 10.3. The van der Waals surface area contributed by atoms with Crippen molar-refractivity contribution in [3.8, 4) is 0 Å². The molecule has 0 aliphatic carbocycles. The summed E-state index contributed by atoms with van der Waals surface area (Å²) in [6.45, 7) is 0. The number of nitrogens with one attached hydrogen (secondary N) is 1. The number of nitrogens with two attached hydrogens (primary N) is 2. The van der Waals surface area contributed by atoms with E-state index in [0.29, 0.717) is 0 Å². The number of carbonyl (C=O) groups is 1. The van der Waals surface area contributed by atoms with Crippen LogP contribution in [-0.2, 0) is 10.0 Å². The molecule has 0 atom stereocenters. The van der Waals surface area contributed by atoms with Crippen molar-refractivity contribution in [3.05, 3.63) is 23.2 Å². The molecule has 0 unspecified atom stereocenters. The number of rotatable bonds is 2. The van der Waals surface area contributed by atoms with Gasteiger partial charge in [-0.15, -0.1) is 0 Å². The Kier molecular flexibility index (Phi) is 3.18. The Morgan fingerprint density at radius 1 is 1.40 bits per heavy atom. The van der Waals surface area contributed by atoms with E-state index in [2.05, 4.69) is 5.32 Å². The Bertz CT molecular complexity index is 500. The van der Waals surface area contributed by atoms with Gasteiger partial charge in [-0.25, -0.2) is 18.4 Å². The van der Waals surface area contributed by atoms with Crippen LogP contribution in [-0.4, -0.2) is 14.4 Å². The number of sulfonamides is 1. The van der Waals surface area contributed by atoms with Crippen LogP contribution in [0.1, 0.15) is 0 Å². The van der Waals surface area contributed by atoms with Gasteiger partial charge in [0.25, 0.3) is 0 Å². The minimum absolute atomic E-state index is 0.0932. The second-order valence-corrected chi connectivity index (χ2v) is 4.64. The number of hydrogen-bond acceptors (Lipinski definition) is 3. The first-order chi connectivity index (χ1) is 6.80. The highest BCUT2D eigenvalue weighted by molar-refractivity contribution is 7.89. The van der Waals surface area contributed by atoms with Gasteiger partial charge in [-0.2, -0.15) is 0 Å². The van der Waals surface area contributed by atoms with E-state index in [-0.39, 0.29) is 15.6 Å². The van der Waals surface area contributed by atoms with E-state index in [1.165, 1.54) is 12.1 Å². The summed E-state index contributed by atoms with van der Waals surface area (Å²) in [6, 6.07) is 2.81. The van der Waals surface area contributed by atoms with Gasteiger partial charge in [0, 0.05) is 0 Å². The van der Waals surface area contributed by atoms with E-state index in [1.807, 2.05) is 0 Å². The topological polar surface area (TPSA) is 115 Å². The average Bonchev–Trinajstić information content (AvgIpc) is 2.06. The van der Waals surface area contributed by atoms with E-state index >= 15 is 0 Å². The van der Waals surface area contributed by atoms with Crippen LogP contribution in [0.25, 0.3) is 0 Å². The Labute approximate surface area is 91.3 Å². The molecule has 0 spiro atoms. The molecule has 0 radical (unpaired) electrons. The number of urea groups is 1. The maximum atomic E-state index is 11.0. The summed E-state index contributed by atoms with van der Waals surface area (Å²) in [5.74, 6) is 0. The highest BCUT2D eigenvalue weighted by Gasteiger charge is 2.11. The van der Waals surface area contributed by atoms with Crippen LogP contribution in [0, 0.1) is 0 Å². The Balaban J connectivity index is 3.23. The first kappa shape index (κ1) is 11.8. The molecule has 2 amide bonds. The number of halogens is 1. The predicted molar refractivity (Wildman–Crippen MR) is 56.0 cm³/mol. The minimum atomic E-state index is -3.83. The third-order valence-electron chi connectivity index (χ3n) is 1.52. The largest absolute Gasteiger partial charge is 0.351 e. The quantitative estimate of drug-likeness (QED) is 0.708. The lowest BCUT2D eigenvalue weighted by molar-refractivity contribution is 0.259. The molecule has 15 heavy (non-hydrogen) atoms. The van der Waals surface area contributed by atoms with E-state index in [0.717, 1.165) is 6.07 Å². The molecule has 0 fully saturated rings. The standard InChI is InChI=1S/C7H8ClN3O3S/c8-5-2-1-4(15(10,13)14)3-6(5)11-7(9)12/h1-3H,(H3,9,11,12)(H2,10,13,14). The van der Waals surface area contributed by atoms with Crippen molar-refractivity contribution in [1.29, 1.82) is 0 Å². The molecular weight excluding hydrogens is 242 g/mol. The first-order valence-electron chi connectivity index (χ1n) is 3.69. The molecule has 8 heteroatoms. The molecule has 5 N–H and O–H groups in total. The fraction of sp³-hybridized carbons (Fsp3) is 0. The van der Waals surface area contributed by atoms with Crippen LogP contribution in [0.4, 0.5) is 10.5 Å². The van der Waals surface area contributed by atoms with E-state index in [9.17, 15) is 13.2 Å². The second kappa shape index (κ2) is 4.05. The number of benzene rings is 1. The lowest BCUT2D eigenvalue weighted by Crippen LogP contribution is -2.20. The van der Waals surface area contributed by atoms with Crippen LogP contribution >= 0.6 is 11.6 Å². The molecule has 82 valence electrons. The maximum absolute atomic E-state index is 11.0. The molecule has 0 heterocycles. The van der Waals surface area contributed by atoms with Gasteiger partial charge in [0.1, 0.15) is 0 Å². The van der Waals surface area contributed by atoms with Crippen LogP contribution in [0.3, 0.4) is 0 Å². The predicted octanol–water partition coefficient (Wildman–Crippen LogP) is 0.478. The van der Waals surface area contributed by atoms with Gasteiger partial charge >= 0.3 is 6.03 Å². The third-order valence-corrected chi connectivity index (χ3v) is 2.76. The summed E-state index contributed by atoms with van der Waals surface area (Å²) >= 11 is 5.68. The van der Waals surface area contributed by atoms with Gasteiger partial charge in [0.2, 0.25) is 10.0 Å². The number of primary amides is 1. The SMILES string of the molecule is NC(=O)Nc1cc(S(N)(=O)=O)ccc1Cl. The molecule has 1 aromatic carbocycles. The average molecular weight is 250 g/mol. The third kappa shape index (κ3) is 3.08. The van der Waals surface area contributed by atoms with Crippen LogP contribution in [0.5, 0.6) is 0 Å². The minimum Gasteiger partial charge on any atom is -0.351 e. The highest BCUT2D eigenvalue weighted by Crippen LogP contribution is 2.24. The van der Waals surface area contributed by atoms with E-state index in [1.54, 1.807) is 0 Å². The number of carbonyl (C=O) groups excluding carboxylic acids is 1. The molecule has 0 saturated carbocycles. The number of hydrogen-bond donors (Lipinski definition) is 3. The van der Waals surface area contributed by atoms with Crippen molar-refractivity contribution in [1.82, 2.24) is 0 Å². The Morgan fingerprint density at radius 3 is 2.47 bits per heavy atom. The molecule has 0 bridgehead atoms. The summed E-state index contributed by atoms with van der Waals surface area (Å²) < 4.78 is 21.9. The lowest BCUT2D eigenvalue weighted by Gasteiger charge is -2.06. The molecule has 1 aromatic rings. The van der Waals surface area contributed by atoms with E-state index in [4.69, 9.17) is 22.5 Å². The van der Waals surface area contributed by atoms with Gasteiger partial charge in [-0.05, 0) is 18.2 Å². The van der Waals surface area contributed by atoms with Crippen molar-refractivity contribution in [3.63, 3.8) is 0 Å². The van der Waals surface area contributed by atoms with Crippen molar-refractivity contribution in [2.24, 2.45) is 10.9 Å². The van der Waals surface area contributed by atoms with Crippen LogP contribution < -0.4 is 16.2 Å². The summed E-state index contributed by atoms with van der Waals surface area (Å²) in [5.41, 5.74) is 4.96. The van der Waals surface area contributed by atoms with E-state index < -0.39 is 16.1 Å². The number of amides is 2. The first-order valence-corrected chi connectivity index (χ1v) is 5.62. The summed E-state index contributed by atoms with van der Waals surface area (Å²) in [5, 5.41) is 7.23. The zero-order valence-corrected chi connectivity index (χ0v) is 8.97. The Hall–Kier alpha value is -1.31. The number of primary sulfonamides is 1. The summed E-state index contributed by atoms with van der Waals surface area (Å²) in [6.07, 6.45) is 0. The molecule has 0 aliphatic heterocycles. The van der Waals surface area contributed by atoms with Gasteiger partial charge in [-0.1, -0.05) is 11.6 Å². The molecule has 0 aromatic heterocycles. The number of anilines is 1. The second-order valence-electron chi connectivity index (χ2n) is 2.68. The van der Waals surface area contributed by atoms with Gasteiger partial charge in [0.15, 0.2) is 0 Å². The van der Waals surface area contributed by atoms with Gasteiger partial charge < -0.3 is 11.1 Å². The van der Waals surface area contributed by atoms with Crippen LogP contribution in [0.15, 0.2) is 23.1 Å². The summed E-state index contributed by atoms with van der Waals surface area (Å²) in [7, 11) is -3.83. The molecule has 1 rings (SSSR count). The highest BCUT2D eigenvalue weighted by atomic mass is 35.5. The Morgan fingerprint density at radius 2 is 2.00 bits per heavy atom. The molecular formula is C7H8ClN3O3S. The summed E-state index contributed by atoms with van der Waals surface area (Å²) in [4.78, 5) is 10.4. The smallest absolute Gasteiger partial charge is 0.316 e. The zero-order chi connectivity index (χ0) is 11.6. The van der Waals surface area contributed by atoms with Crippen molar-refractivity contribution < 1.29 is 13.2 Å². The fourth-order valence-corrected chi connectivity index (χ4v) is 1.61. The molecule has 0 saturated heterocycles. The van der Waals surface area contributed by atoms with Crippen molar-refractivity contribution in [2.45, 2.75) is 4.90 Å². The van der Waals surface area contributed by atoms with Gasteiger partial charge in [0.05, 0.1) is 15.6 Å². The van der Waals surface area contributed by atoms with Crippen molar-refractivity contribution in [2.75, 3.05) is 5.32 Å². The maximum Gasteiger partial charge on any atom is 0.316 e. The zero-order valence-electron chi connectivity index (χ0n) is 7.40. The van der Waals surface area contributed by atoms with Crippen LogP contribution in [0.2, 0.25) is 5.02 Å². The molecule has 6 nitrogen and oxygen atoms in total. The monoisotopic (exact) mass is 249 g/mol. The molecule has 0 aliphatic rings. The van der Waals surface area contributed by atoms with Crippen molar-refractivity contribution >= 4 is 33.3 Å².